The summed E-state index contributed by atoms with van der Waals surface area (Å²) in [7, 11) is 1.21. The number of hydrogen-bond donors (Lipinski definition) is 3. The van der Waals surface area contributed by atoms with Crippen LogP contribution >= 0.6 is 0 Å². The number of esters is 1. The Hall–Kier alpha value is -4.50. The van der Waals surface area contributed by atoms with E-state index in [1.807, 2.05) is 36.4 Å². The van der Waals surface area contributed by atoms with Crippen LogP contribution in [0.3, 0.4) is 0 Å². The fraction of sp³-hybridized carbons (Fsp3) is 0.241. The normalized spacial score (nSPS) is 12.1. The van der Waals surface area contributed by atoms with E-state index >= 15 is 0 Å². The van der Waals surface area contributed by atoms with Gasteiger partial charge in [0.2, 0.25) is 5.91 Å². The number of carbonyl (C=O) groups excluding carboxylic acids is 4. The number of aliphatic hydroxyl groups excluding tert-OH is 1. The molecule has 0 aliphatic carbocycles. The molecule has 9 nitrogen and oxygen atoms in total. The Bertz CT molecular complexity index is 1210. The second-order valence-corrected chi connectivity index (χ2v) is 8.54. The third kappa shape index (κ3) is 8.86. The number of nitrogens with one attached hydrogen (secondary N) is 2. The van der Waals surface area contributed by atoms with Crippen molar-refractivity contribution in [2.24, 2.45) is 0 Å². The summed E-state index contributed by atoms with van der Waals surface area (Å²) in [5.41, 5.74) is 2.58. The molecule has 2 amide bonds. The van der Waals surface area contributed by atoms with Crippen LogP contribution in [0.4, 0.5) is 4.79 Å². The van der Waals surface area contributed by atoms with Crippen LogP contribution in [0.2, 0.25) is 0 Å². The van der Waals surface area contributed by atoms with Crippen LogP contribution in [0.5, 0.6) is 0 Å². The van der Waals surface area contributed by atoms with E-state index in [0.29, 0.717) is 16.7 Å². The third-order valence-electron chi connectivity index (χ3n) is 5.63. The average molecular weight is 519 g/mol. The number of aliphatic hydroxyl groups is 1. The van der Waals surface area contributed by atoms with Gasteiger partial charge in [-0.3, -0.25) is 9.59 Å². The van der Waals surface area contributed by atoms with Crippen LogP contribution in [0.15, 0.2) is 84.9 Å². The highest BCUT2D eigenvalue weighted by Crippen LogP contribution is 2.13. The van der Waals surface area contributed by atoms with Crippen molar-refractivity contribution in [3.63, 3.8) is 0 Å². The van der Waals surface area contributed by atoms with E-state index in [1.165, 1.54) is 7.11 Å². The van der Waals surface area contributed by atoms with Crippen LogP contribution in [-0.2, 0) is 32.1 Å². The molecule has 38 heavy (non-hydrogen) atoms. The molecule has 0 aromatic heterocycles. The van der Waals surface area contributed by atoms with Gasteiger partial charge in [0.05, 0.1) is 19.6 Å². The van der Waals surface area contributed by atoms with Crippen molar-refractivity contribution in [2.75, 3.05) is 13.7 Å². The van der Waals surface area contributed by atoms with Crippen molar-refractivity contribution in [2.45, 2.75) is 31.6 Å². The largest absolute Gasteiger partial charge is 0.467 e. The summed E-state index contributed by atoms with van der Waals surface area (Å²) in [6.45, 7) is -0.133. The van der Waals surface area contributed by atoms with Crippen LogP contribution in [0, 0.1) is 0 Å². The maximum absolute atomic E-state index is 12.6. The number of ketones is 1. The van der Waals surface area contributed by atoms with Crippen LogP contribution in [0.25, 0.3) is 0 Å². The van der Waals surface area contributed by atoms with Crippen LogP contribution in [0.1, 0.15) is 33.5 Å². The molecule has 3 aromatic rings. The lowest BCUT2D eigenvalue weighted by Crippen LogP contribution is -2.45. The Labute approximate surface area is 220 Å². The zero-order chi connectivity index (χ0) is 27.3. The summed E-state index contributed by atoms with van der Waals surface area (Å²) in [5.74, 6) is -1.37. The van der Waals surface area contributed by atoms with Crippen molar-refractivity contribution in [1.29, 1.82) is 0 Å². The van der Waals surface area contributed by atoms with Crippen molar-refractivity contribution in [1.82, 2.24) is 10.6 Å². The van der Waals surface area contributed by atoms with Gasteiger partial charge in [0.15, 0.2) is 5.78 Å². The minimum absolute atomic E-state index is 0.0749. The predicted octanol–water partition coefficient (Wildman–Crippen LogP) is 2.80. The molecule has 0 spiro atoms. The van der Waals surface area contributed by atoms with E-state index < -0.39 is 30.1 Å². The molecule has 0 unspecified atom stereocenters. The lowest BCUT2D eigenvalue weighted by molar-refractivity contribution is -0.145. The Morgan fingerprint density at radius 1 is 0.816 bits per heavy atom. The number of carbonyl (C=O) groups is 4. The molecule has 0 radical (unpaired) electrons. The molecule has 9 heteroatoms. The third-order valence-corrected chi connectivity index (χ3v) is 5.63. The van der Waals surface area contributed by atoms with E-state index in [2.05, 4.69) is 10.6 Å². The van der Waals surface area contributed by atoms with Gasteiger partial charge in [0, 0.05) is 24.1 Å². The quantitative estimate of drug-likeness (QED) is 0.248. The first kappa shape index (κ1) is 28.1. The number of amides is 2. The number of hydrogen-bond acceptors (Lipinski definition) is 7. The molecule has 3 N–H and O–H groups in total. The molecular weight excluding hydrogens is 488 g/mol. The second kappa shape index (κ2) is 14.3. The monoisotopic (exact) mass is 518 g/mol. The van der Waals surface area contributed by atoms with Gasteiger partial charge < -0.3 is 25.2 Å². The number of benzene rings is 3. The Kier molecular flexibility index (Phi) is 10.6. The molecule has 0 bridgehead atoms. The molecular formula is C29H30N2O7. The molecule has 0 fully saturated rings. The van der Waals surface area contributed by atoms with E-state index in [9.17, 15) is 24.3 Å². The minimum atomic E-state index is -1.19. The zero-order valence-electron chi connectivity index (χ0n) is 21.0. The van der Waals surface area contributed by atoms with Gasteiger partial charge in [-0.25, -0.2) is 9.59 Å². The topological polar surface area (TPSA) is 131 Å². The average Bonchev–Trinajstić information content (AvgIpc) is 2.95. The minimum Gasteiger partial charge on any atom is -0.467 e. The van der Waals surface area contributed by atoms with Gasteiger partial charge in [-0.05, 0) is 11.1 Å². The van der Waals surface area contributed by atoms with Gasteiger partial charge in [-0.2, -0.15) is 0 Å². The fourth-order valence-electron chi connectivity index (χ4n) is 3.63. The maximum Gasteiger partial charge on any atom is 0.407 e. The number of methoxy groups -OCH3 is 1. The van der Waals surface area contributed by atoms with E-state index in [4.69, 9.17) is 9.47 Å². The summed E-state index contributed by atoms with van der Waals surface area (Å²) < 4.78 is 9.87. The fourth-order valence-corrected chi connectivity index (χ4v) is 3.63. The highest BCUT2D eigenvalue weighted by molar-refractivity contribution is 6.08. The SMILES string of the molecule is COC(=O)[C@@H](Cc1ccc(C(=O)c2ccccc2)cc1)NC(=O)C[C@@H](O)CNC(=O)OCc1ccccc1. The smallest absolute Gasteiger partial charge is 0.407 e. The van der Waals surface area contributed by atoms with Gasteiger partial charge in [-0.1, -0.05) is 84.9 Å². The van der Waals surface area contributed by atoms with Gasteiger partial charge in [-0.15, -0.1) is 0 Å². The standard InChI is InChI=1S/C29H30N2O7/c1-37-28(35)25(16-20-12-14-23(15-13-20)27(34)22-10-6-3-7-11-22)31-26(33)17-24(32)18-30-29(36)38-19-21-8-4-2-5-9-21/h2-15,24-25,32H,16-19H2,1H3,(H,30,36)(H,31,33)/t24-,25-/m1/s1. The molecule has 3 aromatic carbocycles. The number of ether oxygens (including phenoxy) is 2. The molecule has 0 aliphatic heterocycles. The van der Waals surface area contributed by atoms with E-state index in [-0.39, 0.29) is 31.8 Å². The van der Waals surface area contributed by atoms with Crippen LogP contribution < -0.4 is 10.6 Å². The predicted molar refractivity (Wildman–Crippen MR) is 139 cm³/mol. The molecule has 198 valence electrons. The van der Waals surface area contributed by atoms with Crippen molar-refractivity contribution >= 4 is 23.8 Å². The molecule has 3 rings (SSSR count). The van der Waals surface area contributed by atoms with Gasteiger partial charge in [0.1, 0.15) is 12.6 Å². The first-order valence-corrected chi connectivity index (χ1v) is 12.0. The van der Waals surface area contributed by atoms with E-state index in [1.54, 1.807) is 48.5 Å². The Morgan fingerprint density at radius 3 is 2.05 bits per heavy atom. The molecule has 2 atom stereocenters. The molecule has 0 aliphatic rings. The summed E-state index contributed by atoms with van der Waals surface area (Å²) in [5, 5.41) is 15.1. The summed E-state index contributed by atoms with van der Waals surface area (Å²) in [6, 6.07) is 23.7. The number of alkyl carbamates (subject to hydrolysis) is 1. The molecule has 0 heterocycles. The van der Waals surface area contributed by atoms with Gasteiger partial charge in [0.25, 0.3) is 0 Å². The van der Waals surface area contributed by atoms with Crippen LogP contribution in [-0.4, -0.2) is 54.7 Å². The highest BCUT2D eigenvalue weighted by Gasteiger charge is 2.23. The maximum atomic E-state index is 12.6. The zero-order valence-corrected chi connectivity index (χ0v) is 21.0. The van der Waals surface area contributed by atoms with Crippen molar-refractivity contribution < 1.29 is 33.8 Å². The second-order valence-electron chi connectivity index (χ2n) is 8.54. The summed E-state index contributed by atoms with van der Waals surface area (Å²) in [6.07, 6.45) is -2.15. The Balaban J connectivity index is 1.48. The Morgan fingerprint density at radius 2 is 1.42 bits per heavy atom. The van der Waals surface area contributed by atoms with Crippen molar-refractivity contribution in [3.8, 4) is 0 Å². The first-order chi connectivity index (χ1) is 18.4. The number of rotatable bonds is 12. The summed E-state index contributed by atoms with van der Waals surface area (Å²) >= 11 is 0. The lowest BCUT2D eigenvalue weighted by atomic mass is 9.99. The highest BCUT2D eigenvalue weighted by atomic mass is 16.5. The molecule has 0 saturated carbocycles. The summed E-state index contributed by atoms with van der Waals surface area (Å²) in [4.78, 5) is 49.2. The molecule has 0 saturated heterocycles. The van der Waals surface area contributed by atoms with Gasteiger partial charge >= 0.3 is 12.1 Å². The first-order valence-electron chi connectivity index (χ1n) is 12.0. The van der Waals surface area contributed by atoms with Crippen molar-refractivity contribution in [3.05, 3.63) is 107 Å². The van der Waals surface area contributed by atoms with E-state index in [0.717, 1.165) is 5.56 Å². The lowest BCUT2D eigenvalue weighted by Gasteiger charge is -2.18.